The van der Waals surface area contributed by atoms with E-state index in [1.807, 2.05) is 12.1 Å². The summed E-state index contributed by atoms with van der Waals surface area (Å²) in [6, 6.07) is 9.34. The lowest BCUT2D eigenvalue weighted by Gasteiger charge is -2.11. The second kappa shape index (κ2) is 3.46. The summed E-state index contributed by atoms with van der Waals surface area (Å²) in [7, 11) is 0. The van der Waals surface area contributed by atoms with Crippen LogP contribution in [-0.4, -0.2) is 5.11 Å². The molecule has 0 aromatic heterocycles. The zero-order chi connectivity index (χ0) is 11.0. The molecule has 0 saturated carbocycles. The van der Waals surface area contributed by atoms with Gasteiger partial charge < -0.3 is 10.8 Å². The Bertz CT molecular complexity index is 503. The summed E-state index contributed by atoms with van der Waals surface area (Å²) in [4.78, 5) is 0. The summed E-state index contributed by atoms with van der Waals surface area (Å²) in [5.74, 6) is 0.693. The molecule has 0 unspecified atom stereocenters. The van der Waals surface area contributed by atoms with E-state index in [0.717, 1.165) is 22.0 Å². The summed E-state index contributed by atoms with van der Waals surface area (Å²) in [5, 5.41) is 11.5. The van der Waals surface area contributed by atoms with E-state index in [2.05, 4.69) is 19.9 Å². The molecule has 0 heterocycles. The molecular formula is C13H15NO. The van der Waals surface area contributed by atoms with E-state index in [9.17, 15) is 5.11 Å². The van der Waals surface area contributed by atoms with Gasteiger partial charge in [-0.15, -0.1) is 0 Å². The molecule has 0 atom stereocenters. The lowest BCUT2D eigenvalue weighted by atomic mass is 9.97. The van der Waals surface area contributed by atoms with Gasteiger partial charge in [-0.05, 0) is 46.5 Å². The zero-order valence-electron chi connectivity index (χ0n) is 8.99. The van der Waals surface area contributed by atoms with Crippen LogP contribution in [0.5, 0.6) is 5.75 Å². The minimum atomic E-state index is 0.293. The number of nitrogens with two attached hydrogens (primary N) is 1. The van der Waals surface area contributed by atoms with Gasteiger partial charge >= 0.3 is 0 Å². The second-order valence-corrected chi connectivity index (χ2v) is 4.17. The smallest absolute Gasteiger partial charge is 0.116 e. The van der Waals surface area contributed by atoms with E-state index in [1.54, 1.807) is 12.1 Å². The predicted octanol–water partition coefficient (Wildman–Crippen LogP) is 3.25. The van der Waals surface area contributed by atoms with Gasteiger partial charge in [0, 0.05) is 5.69 Å². The average Bonchev–Trinajstić information content (AvgIpc) is 2.17. The van der Waals surface area contributed by atoms with E-state index >= 15 is 0 Å². The number of anilines is 1. The number of fused-ring (bicyclic) bond motifs is 1. The zero-order valence-corrected chi connectivity index (χ0v) is 8.99. The predicted molar refractivity (Wildman–Crippen MR) is 64.1 cm³/mol. The van der Waals surface area contributed by atoms with Crippen molar-refractivity contribution in [1.29, 1.82) is 0 Å². The minimum Gasteiger partial charge on any atom is -0.508 e. The average molecular weight is 201 g/mol. The summed E-state index contributed by atoms with van der Waals surface area (Å²) < 4.78 is 0. The van der Waals surface area contributed by atoms with Crippen molar-refractivity contribution in [1.82, 2.24) is 0 Å². The summed E-state index contributed by atoms with van der Waals surface area (Å²) in [5.41, 5.74) is 7.92. The van der Waals surface area contributed by atoms with Crippen LogP contribution in [0.1, 0.15) is 25.3 Å². The quantitative estimate of drug-likeness (QED) is 0.696. The number of hydrogen-bond donors (Lipinski definition) is 2. The van der Waals surface area contributed by atoms with Gasteiger partial charge in [0.25, 0.3) is 0 Å². The Labute approximate surface area is 89.3 Å². The monoisotopic (exact) mass is 201 g/mol. The topological polar surface area (TPSA) is 46.2 Å². The van der Waals surface area contributed by atoms with Crippen LogP contribution in [0.15, 0.2) is 30.3 Å². The van der Waals surface area contributed by atoms with Crippen LogP contribution in [0.3, 0.4) is 0 Å². The number of aromatic hydroxyl groups is 1. The van der Waals surface area contributed by atoms with Crippen LogP contribution in [0, 0.1) is 0 Å². The molecule has 0 bridgehead atoms. The highest BCUT2D eigenvalue weighted by Gasteiger charge is 2.06. The Morgan fingerprint density at radius 3 is 2.47 bits per heavy atom. The molecule has 0 amide bonds. The molecule has 2 nitrogen and oxygen atoms in total. The Morgan fingerprint density at radius 2 is 1.80 bits per heavy atom. The van der Waals surface area contributed by atoms with Gasteiger partial charge in [-0.25, -0.2) is 0 Å². The molecule has 15 heavy (non-hydrogen) atoms. The number of hydrogen-bond acceptors (Lipinski definition) is 2. The number of phenols is 1. The van der Waals surface area contributed by atoms with Crippen molar-refractivity contribution in [2.45, 2.75) is 19.8 Å². The van der Waals surface area contributed by atoms with Crippen LogP contribution in [0.4, 0.5) is 5.69 Å². The highest BCUT2D eigenvalue weighted by molar-refractivity contribution is 5.88. The molecule has 2 rings (SSSR count). The van der Waals surface area contributed by atoms with E-state index in [-0.39, 0.29) is 0 Å². The number of rotatable bonds is 1. The van der Waals surface area contributed by atoms with Gasteiger partial charge in [-0.1, -0.05) is 19.9 Å². The molecule has 0 fully saturated rings. The van der Waals surface area contributed by atoms with Crippen molar-refractivity contribution in [2.75, 3.05) is 5.73 Å². The summed E-state index contributed by atoms with van der Waals surface area (Å²) in [6.45, 7) is 4.22. The first-order valence-electron chi connectivity index (χ1n) is 5.10. The van der Waals surface area contributed by atoms with E-state index in [0.29, 0.717) is 11.7 Å². The molecule has 2 heteroatoms. The first-order chi connectivity index (χ1) is 7.08. The van der Waals surface area contributed by atoms with Crippen molar-refractivity contribution in [3.63, 3.8) is 0 Å². The van der Waals surface area contributed by atoms with Crippen molar-refractivity contribution < 1.29 is 5.11 Å². The van der Waals surface area contributed by atoms with Crippen LogP contribution < -0.4 is 5.73 Å². The Kier molecular flexibility index (Phi) is 2.27. The molecule has 0 radical (unpaired) electrons. The third-order valence-corrected chi connectivity index (χ3v) is 2.65. The first-order valence-corrected chi connectivity index (χ1v) is 5.10. The normalized spacial score (nSPS) is 11.1. The van der Waals surface area contributed by atoms with Gasteiger partial charge in [0.1, 0.15) is 5.75 Å². The highest BCUT2D eigenvalue weighted by Crippen LogP contribution is 2.29. The maximum absolute atomic E-state index is 9.40. The highest BCUT2D eigenvalue weighted by atomic mass is 16.3. The van der Waals surface area contributed by atoms with E-state index in [1.165, 1.54) is 0 Å². The fourth-order valence-corrected chi connectivity index (χ4v) is 1.82. The summed E-state index contributed by atoms with van der Waals surface area (Å²) in [6.07, 6.45) is 0. The van der Waals surface area contributed by atoms with Gasteiger partial charge in [0.15, 0.2) is 0 Å². The molecule has 78 valence electrons. The van der Waals surface area contributed by atoms with E-state index < -0.39 is 0 Å². The van der Waals surface area contributed by atoms with Gasteiger partial charge in [0.05, 0.1) is 0 Å². The van der Waals surface area contributed by atoms with Gasteiger partial charge in [-0.2, -0.15) is 0 Å². The Morgan fingerprint density at radius 1 is 1.07 bits per heavy atom. The van der Waals surface area contributed by atoms with Crippen molar-refractivity contribution in [3.8, 4) is 5.75 Å². The molecule has 0 saturated heterocycles. The largest absolute Gasteiger partial charge is 0.508 e. The third kappa shape index (κ3) is 1.75. The standard InChI is InChI=1S/C13H15NO/c1-8(2)12-6-10-5-11(15)4-3-9(10)7-13(12)14/h3-8,15H,14H2,1-2H3. The molecule has 2 aromatic rings. The SMILES string of the molecule is CC(C)c1cc2cc(O)ccc2cc1N. The number of benzene rings is 2. The molecule has 0 aliphatic carbocycles. The maximum Gasteiger partial charge on any atom is 0.116 e. The minimum absolute atomic E-state index is 0.293. The molecule has 3 N–H and O–H groups in total. The van der Waals surface area contributed by atoms with Crippen LogP contribution in [0.25, 0.3) is 10.8 Å². The fourth-order valence-electron chi connectivity index (χ4n) is 1.82. The molecule has 2 aromatic carbocycles. The number of nitrogen functional groups attached to an aromatic ring is 1. The lowest BCUT2D eigenvalue weighted by molar-refractivity contribution is 0.476. The van der Waals surface area contributed by atoms with Gasteiger partial charge in [-0.3, -0.25) is 0 Å². The lowest BCUT2D eigenvalue weighted by Crippen LogP contribution is -1.96. The fraction of sp³-hybridized carbons (Fsp3) is 0.231. The molecule has 0 aliphatic heterocycles. The van der Waals surface area contributed by atoms with E-state index in [4.69, 9.17) is 5.73 Å². The maximum atomic E-state index is 9.40. The van der Waals surface area contributed by atoms with Crippen molar-refractivity contribution in [2.24, 2.45) is 0 Å². The second-order valence-electron chi connectivity index (χ2n) is 4.17. The Balaban J connectivity index is 2.72. The van der Waals surface area contributed by atoms with Crippen molar-refractivity contribution in [3.05, 3.63) is 35.9 Å². The molecule has 0 aliphatic rings. The van der Waals surface area contributed by atoms with Crippen molar-refractivity contribution >= 4 is 16.5 Å². The van der Waals surface area contributed by atoms with Crippen LogP contribution in [0.2, 0.25) is 0 Å². The molecule has 0 spiro atoms. The van der Waals surface area contributed by atoms with Crippen LogP contribution >= 0.6 is 0 Å². The third-order valence-electron chi connectivity index (χ3n) is 2.65. The first kappa shape index (κ1) is 9.84. The summed E-state index contributed by atoms with van der Waals surface area (Å²) >= 11 is 0. The Hall–Kier alpha value is -1.70. The van der Waals surface area contributed by atoms with Crippen LogP contribution in [-0.2, 0) is 0 Å². The number of phenolic OH excluding ortho intramolecular Hbond substituents is 1. The molecular weight excluding hydrogens is 186 g/mol. The van der Waals surface area contributed by atoms with Gasteiger partial charge in [0.2, 0.25) is 0 Å².